The number of carbonyl (C=O) groups is 1. The van der Waals surface area contributed by atoms with Crippen molar-refractivity contribution in [3.8, 4) is 5.75 Å². The minimum absolute atomic E-state index is 0.130. The predicted molar refractivity (Wildman–Crippen MR) is 107 cm³/mol. The van der Waals surface area contributed by atoms with Crippen molar-refractivity contribution < 1.29 is 27.8 Å². The van der Waals surface area contributed by atoms with Crippen LogP contribution in [0.2, 0.25) is 0 Å². The second-order valence-corrected chi connectivity index (χ2v) is 7.39. The van der Waals surface area contributed by atoms with Crippen LogP contribution in [0.1, 0.15) is 29.5 Å². The summed E-state index contributed by atoms with van der Waals surface area (Å²) < 4.78 is 44.5. The maximum Gasteiger partial charge on any atom is 0.416 e. The van der Waals surface area contributed by atoms with Crippen molar-refractivity contribution in [1.82, 2.24) is 0 Å². The van der Waals surface area contributed by atoms with Crippen molar-refractivity contribution >= 4 is 22.9 Å². The molecule has 0 saturated carbocycles. The van der Waals surface area contributed by atoms with Gasteiger partial charge in [0.1, 0.15) is 5.75 Å². The van der Waals surface area contributed by atoms with Crippen molar-refractivity contribution in [1.29, 1.82) is 0 Å². The third-order valence-electron chi connectivity index (χ3n) is 5.21. The largest absolute Gasteiger partial charge is 0.493 e. The molecule has 0 aliphatic carbocycles. The number of allylic oxidation sites excluding steroid dienone is 1. The molecular formula is C22H21F3N2O3. The minimum Gasteiger partial charge on any atom is -0.493 e. The van der Waals surface area contributed by atoms with Gasteiger partial charge in [0.2, 0.25) is 5.91 Å². The van der Waals surface area contributed by atoms with E-state index in [1.165, 1.54) is 12.1 Å². The SMILES string of the molecule is O=C(/C=C1\CCCOc2cc(C(F)(F)F)ccc21)Nc1cccc2c1CC(O)CN2. The van der Waals surface area contributed by atoms with E-state index in [9.17, 15) is 23.1 Å². The van der Waals surface area contributed by atoms with Crippen LogP contribution in [0.25, 0.3) is 5.57 Å². The Bertz CT molecular complexity index is 1000. The van der Waals surface area contributed by atoms with Crippen LogP contribution in [0.3, 0.4) is 0 Å². The Morgan fingerprint density at radius 2 is 2.10 bits per heavy atom. The van der Waals surface area contributed by atoms with Gasteiger partial charge in [0.25, 0.3) is 0 Å². The molecular weight excluding hydrogens is 397 g/mol. The molecule has 2 aliphatic rings. The van der Waals surface area contributed by atoms with E-state index < -0.39 is 17.8 Å². The Balaban J connectivity index is 1.61. The molecule has 1 atom stereocenters. The molecule has 5 nitrogen and oxygen atoms in total. The number of β-amino-alcohol motifs (C(OH)–C–C–N with tert-alkyl or cyclic N) is 1. The van der Waals surface area contributed by atoms with Crippen LogP contribution in [-0.2, 0) is 17.4 Å². The second kappa shape index (κ2) is 8.02. The van der Waals surface area contributed by atoms with Gasteiger partial charge in [-0.1, -0.05) is 12.1 Å². The lowest BCUT2D eigenvalue weighted by Crippen LogP contribution is -2.28. The molecule has 2 aromatic carbocycles. The fourth-order valence-electron chi connectivity index (χ4n) is 3.76. The summed E-state index contributed by atoms with van der Waals surface area (Å²) in [7, 11) is 0. The highest BCUT2D eigenvalue weighted by atomic mass is 19.4. The Hall–Kier alpha value is -3.00. The van der Waals surface area contributed by atoms with Gasteiger partial charge in [-0.2, -0.15) is 13.2 Å². The first-order valence-corrected chi connectivity index (χ1v) is 9.71. The summed E-state index contributed by atoms with van der Waals surface area (Å²) in [5.74, 6) is -0.253. The number of benzene rings is 2. The Kier molecular flexibility index (Phi) is 5.42. The normalized spacial score (nSPS) is 19.7. The molecule has 0 bridgehead atoms. The smallest absolute Gasteiger partial charge is 0.416 e. The van der Waals surface area contributed by atoms with Crippen LogP contribution in [0, 0.1) is 0 Å². The quantitative estimate of drug-likeness (QED) is 0.639. The number of anilines is 2. The number of halogens is 3. The van der Waals surface area contributed by atoms with Gasteiger partial charge >= 0.3 is 6.18 Å². The first-order chi connectivity index (χ1) is 14.3. The fraction of sp³-hybridized carbons (Fsp3) is 0.318. The topological polar surface area (TPSA) is 70.6 Å². The second-order valence-electron chi connectivity index (χ2n) is 7.39. The van der Waals surface area contributed by atoms with Crippen molar-refractivity contribution in [3.05, 3.63) is 59.2 Å². The van der Waals surface area contributed by atoms with Gasteiger partial charge in [-0.05, 0) is 42.7 Å². The Labute approximate surface area is 171 Å². The van der Waals surface area contributed by atoms with Gasteiger partial charge < -0.3 is 20.5 Å². The standard InChI is InChI=1S/C22H21F3N2O3/c23-22(24,25)14-6-7-16-13(3-2-8-30-20(16)10-14)9-21(29)27-19-5-1-4-18-17(19)11-15(28)12-26-18/h1,4-7,9-10,15,26,28H,2-3,8,11-12H2,(H,27,29)/b13-9+. The number of alkyl halides is 3. The van der Waals surface area contributed by atoms with Gasteiger partial charge in [-0.25, -0.2) is 0 Å². The van der Waals surface area contributed by atoms with E-state index in [4.69, 9.17) is 4.74 Å². The Morgan fingerprint density at radius 3 is 2.90 bits per heavy atom. The van der Waals surface area contributed by atoms with Crippen molar-refractivity contribution in [2.45, 2.75) is 31.5 Å². The van der Waals surface area contributed by atoms with E-state index in [2.05, 4.69) is 10.6 Å². The van der Waals surface area contributed by atoms with Gasteiger partial charge in [0, 0.05) is 41.5 Å². The van der Waals surface area contributed by atoms with Crippen LogP contribution in [0.5, 0.6) is 5.75 Å². The fourth-order valence-corrected chi connectivity index (χ4v) is 3.76. The number of hydrogen-bond donors (Lipinski definition) is 3. The predicted octanol–water partition coefficient (Wildman–Crippen LogP) is 4.23. The maximum absolute atomic E-state index is 13.0. The molecule has 2 aromatic rings. The lowest BCUT2D eigenvalue weighted by Gasteiger charge is -2.24. The third kappa shape index (κ3) is 4.28. The molecule has 0 fully saturated rings. The molecule has 0 saturated heterocycles. The van der Waals surface area contributed by atoms with Gasteiger partial charge in [0.15, 0.2) is 0 Å². The molecule has 2 heterocycles. The zero-order valence-electron chi connectivity index (χ0n) is 16.1. The van der Waals surface area contributed by atoms with E-state index >= 15 is 0 Å². The number of aliphatic hydroxyl groups is 1. The van der Waals surface area contributed by atoms with E-state index in [-0.39, 0.29) is 18.3 Å². The zero-order valence-corrected chi connectivity index (χ0v) is 16.1. The molecule has 3 N–H and O–H groups in total. The average Bonchev–Trinajstić information content (AvgIpc) is 2.89. The molecule has 30 heavy (non-hydrogen) atoms. The zero-order chi connectivity index (χ0) is 21.3. The van der Waals surface area contributed by atoms with Crippen LogP contribution in [-0.4, -0.2) is 30.3 Å². The van der Waals surface area contributed by atoms with Crippen LogP contribution >= 0.6 is 0 Å². The molecule has 2 aliphatic heterocycles. The molecule has 4 rings (SSSR count). The minimum atomic E-state index is -4.46. The summed E-state index contributed by atoms with van der Waals surface area (Å²) in [6.07, 6.45) is -2.07. The maximum atomic E-state index is 13.0. The number of carbonyl (C=O) groups excluding carboxylic acids is 1. The molecule has 1 amide bonds. The molecule has 0 spiro atoms. The van der Waals surface area contributed by atoms with Gasteiger partial charge in [0.05, 0.1) is 18.3 Å². The Morgan fingerprint density at radius 1 is 1.27 bits per heavy atom. The van der Waals surface area contributed by atoms with Crippen LogP contribution < -0.4 is 15.4 Å². The average molecular weight is 418 g/mol. The van der Waals surface area contributed by atoms with E-state index in [0.717, 1.165) is 23.4 Å². The number of nitrogens with one attached hydrogen (secondary N) is 2. The van der Waals surface area contributed by atoms with Gasteiger partial charge in [-0.3, -0.25) is 4.79 Å². The van der Waals surface area contributed by atoms with Crippen molar-refractivity contribution in [2.24, 2.45) is 0 Å². The monoisotopic (exact) mass is 418 g/mol. The highest BCUT2D eigenvalue weighted by Gasteiger charge is 2.32. The molecule has 8 heteroatoms. The van der Waals surface area contributed by atoms with E-state index in [1.807, 2.05) is 6.07 Å². The molecule has 0 radical (unpaired) electrons. The summed E-state index contributed by atoms with van der Waals surface area (Å²) in [5, 5.41) is 15.9. The summed E-state index contributed by atoms with van der Waals surface area (Å²) in [6, 6.07) is 8.78. The molecule has 0 aromatic heterocycles. The van der Waals surface area contributed by atoms with E-state index in [0.29, 0.717) is 42.6 Å². The lowest BCUT2D eigenvalue weighted by molar-refractivity contribution is -0.137. The summed E-state index contributed by atoms with van der Waals surface area (Å²) >= 11 is 0. The molecule has 1 unspecified atom stereocenters. The highest BCUT2D eigenvalue weighted by Crippen LogP contribution is 2.38. The van der Waals surface area contributed by atoms with Crippen molar-refractivity contribution in [3.63, 3.8) is 0 Å². The third-order valence-corrected chi connectivity index (χ3v) is 5.21. The van der Waals surface area contributed by atoms with Gasteiger partial charge in [-0.15, -0.1) is 0 Å². The number of aliphatic hydroxyl groups excluding tert-OH is 1. The number of hydrogen-bond acceptors (Lipinski definition) is 4. The number of ether oxygens (including phenoxy) is 1. The van der Waals surface area contributed by atoms with Crippen molar-refractivity contribution in [2.75, 3.05) is 23.8 Å². The number of rotatable bonds is 2. The first-order valence-electron chi connectivity index (χ1n) is 9.71. The summed E-state index contributed by atoms with van der Waals surface area (Å²) in [6.45, 7) is 0.730. The van der Waals surface area contributed by atoms with Crippen LogP contribution in [0.15, 0.2) is 42.5 Å². The first kappa shape index (κ1) is 20.3. The van der Waals surface area contributed by atoms with Crippen LogP contribution in [0.4, 0.5) is 24.5 Å². The van der Waals surface area contributed by atoms with E-state index in [1.54, 1.807) is 12.1 Å². The lowest BCUT2D eigenvalue weighted by atomic mass is 9.98. The summed E-state index contributed by atoms with van der Waals surface area (Å²) in [5.41, 5.74) is 2.60. The number of fused-ring (bicyclic) bond motifs is 2. The highest BCUT2D eigenvalue weighted by molar-refractivity contribution is 6.05. The summed E-state index contributed by atoms with van der Waals surface area (Å²) in [4.78, 5) is 12.7. The molecule has 158 valence electrons. The number of amides is 1.